The molecule has 2 fully saturated rings. The SMILES string of the molecule is CC(C)(C)OC(N)=O.CC(C)(C)OC(N)=O.CC(O)CN.CC1CO1.CC1CO1.CCN.CCNCC(C)O.CCNCC(C)O.CCNCC(C)O.I.N.[2HH].[2HH].[H+]. The molecule has 2 aliphatic heterocycles. The maximum Gasteiger partial charge on any atom is 1.00 e. The lowest BCUT2D eigenvalue weighted by Crippen LogP contribution is -2.27. The van der Waals surface area contributed by atoms with Crippen LogP contribution >= 0.6 is 24.0 Å². The topological polar surface area (TPSA) is 334 Å². The molecule has 6 atom stereocenters. The van der Waals surface area contributed by atoms with E-state index in [1.54, 1.807) is 69.2 Å². The van der Waals surface area contributed by atoms with Gasteiger partial charge in [-0.1, -0.05) is 27.7 Å². The van der Waals surface area contributed by atoms with Gasteiger partial charge in [0, 0.05) is 29.0 Å². The predicted octanol–water partition coefficient (Wildman–Crippen LogP) is 3.18. The molecule has 2 amide bonds. The first-order valence-electron chi connectivity index (χ1n) is 18.6. The van der Waals surface area contributed by atoms with Gasteiger partial charge in [-0.15, -0.1) is 24.0 Å². The van der Waals surface area contributed by atoms with Gasteiger partial charge in [0.15, 0.2) is 0 Å². The molecule has 0 aromatic rings. The molecule has 2 aliphatic rings. The van der Waals surface area contributed by atoms with Gasteiger partial charge in [-0.05, 0) is 109 Å². The Morgan fingerprint density at radius 3 is 0.855 bits per heavy atom. The van der Waals surface area contributed by atoms with Crippen LogP contribution in [-0.4, -0.2) is 146 Å². The van der Waals surface area contributed by atoms with Crippen molar-refractivity contribution in [2.45, 2.75) is 159 Å². The van der Waals surface area contributed by atoms with Crippen molar-refractivity contribution < 1.29 is 53.2 Å². The third kappa shape index (κ3) is 164. The molecule has 2 rings (SSSR count). The zero-order valence-corrected chi connectivity index (χ0v) is 40.0. The number of primary amides is 2. The maximum absolute atomic E-state index is 10.0. The molecule has 0 radical (unpaired) electrons. The predicted molar refractivity (Wildman–Crippen MR) is 244 cm³/mol. The summed E-state index contributed by atoms with van der Waals surface area (Å²) in [5, 5.41) is 43.1. The molecule has 2 saturated heterocycles. The van der Waals surface area contributed by atoms with Crippen LogP contribution in [-0.2, 0) is 18.9 Å². The Hall–Kier alpha value is -1.21. The lowest BCUT2D eigenvalue weighted by molar-refractivity contribution is 0.0588. The third-order valence-corrected chi connectivity index (χ3v) is 4.22. The molecule has 18 nitrogen and oxygen atoms in total. The van der Waals surface area contributed by atoms with E-state index >= 15 is 0 Å². The molecule has 0 aromatic heterocycles. The fourth-order valence-corrected chi connectivity index (χ4v) is 1.86. The van der Waals surface area contributed by atoms with Gasteiger partial charge in [0.1, 0.15) is 11.2 Å². The number of rotatable bonds is 10. The van der Waals surface area contributed by atoms with Crippen LogP contribution in [0.1, 0.15) is 115 Å². The summed E-state index contributed by atoms with van der Waals surface area (Å²) in [5.41, 5.74) is 18.3. The summed E-state index contributed by atoms with van der Waals surface area (Å²) >= 11 is 0. The molecule has 2 heterocycles. The van der Waals surface area contributed by atoms with Gasteiger partial charge in [-0.25, -0.2) is 9.59 Å². The Balaban J connectivity index is -0.0000000411. The minimum Gasteiger partial charge on any atom is -0.444 e. The van der Waals surface area contributed by atoms with Crippen molar-refractivity contribution in [1.29, 1.82) is 0 Å². The van der Waals surface area contributed by atoms with Crippen molar-refractivity contribution in [2.75, 3.05) is 65.6 Å². The van der Waals surface area contributed by atoms with E-state index in [4.69, 9.17) is 52.8 Å². The van der Waals surface area contributed by atoms with Crippen molar-refractivity contribution in [3.05, 3.63) is 0 Å². The largest absolute Gasteiger partial charge is 1.00 e. The number of likely N-dealkylation sites (N-methyl/N-ethyl adjacent to an activating group) is 3. The molecule has 0 aliphatic carbocycles. The highest BCUT2D eigenvalue weighted by atomic mass is 127. The van der Waals surface area contributed by atoms with Gasteiger partial charge in [0.2, 0.25) is 0 Å². The highest BCUT2D eigenvalue weighted by molar-refractivity contribution is 14.0. The summed E-state index contributed by atoms with van der Waals surface area (Å²) in [7, 11) is 0. The van der Waals surface area contributed by atoms with Gasteiger partial charge >= 0.3 is 13.6 Å². The molecule has 0 saturated carbocycles. The zero-order valence-electron chi connectivity index (χ0n) is 38.7. The number of epoxide rings is 2. The standard InChI is InChI=1S/2C5H11NO2.3C5H13NO.C3H9NO.2C3H6O.C2H7N.HI.H3N.2H2/c2*1-5(2,3)8-4(6)7;3*1-3-6-4-5(2)7;1-3(5)2-4;2*1-3-2-4-3;1-2-3;;;;/h2*1-3H3,(H2,6,7);3*5-7H,3-4H2,1-2H3;3,5H,2,4H2,1H3;2*3H,2H2,1H3;2-3H2,1H3;1H;1H3;2*1H/p+1/i;;;;;;;;;;;2*1+1. The highest BCUT2D eigenvalue weighted by Crippen LogP contribution is 2.06. The molecular weight excluding hydrogens is 831 g/mol. The average Bonchev–Trinajstić information content (AvgIpc) is 3.93. The highest BCUT2D eigenvalue weighted by Gasteiger charge is 2.14. The number of nitrogens with one attached hydrogen (secondary N) is 3. The average molecular weight is 932 g/mol. The summed E-state index contributed by atoms with van der Waals surface area (Å²) in [5.74, 6) is 0. The van der Waals surface area contributed by atoms with Crippen LogP contribution < -0.4 is 45.0 Å². The first-order chi connectivity index (χ1) is 24.1. The second-order valence-electron chi connectivity index (χ2n) is 13.8. The molecular formula is C36H98IN8O10+. The van der Waals surface area contributed by atoms with E-state index < -0.39 is 23.4 Å². The van der Waals surface area contributed by atoms with Gasteiger partial charge in [0.05, 0.1) is 49.8 Å². The number of nitrogens with two attached hydrogens (primary N) is 4. The van der Waals surface area contributed by atoms with Crippen LogP contribution in [0.5, 0.6) is 0 Å². The van der Waals surface area contributed by atoms with Crippen molar-refractivity contribution in [3.63, 3.8) is 0 Å². The number of carbonyl (C=O) groups excluding carboxylic acids is 2. The Morgan fingerprint density at radius 2 is 0.836 bits per heavy atom. The Kier molecular flexibility index (Phi) is 71.7. The Bertz CT molecular complexity index is 678. The van der Waals surface area contributed by atoms with Crippen molar-refractivity contribution in [3.8, 4) is 0 Å². The van der Waals surface area contributed by atoms with E-state index in [1.807, 2.05) is 27.7 Å². The Labute approximate surface area is 357 Å². The number of aliphatic hydroxyl groups is 4. The number of ether oxygens (including phenoxy) is 4. The van der Waals surface area contributed by atoms with E-state index in [1.165, 1.54) is 0 Å². The van der Waals surface area contributed by atoms with Crippen LogP contribution in [0, 0.1) is 0 Å². The van der Waals surface area contributed by atoms with Crippen LogP contribution in [0.25, 0.3) is 0 Å². The summed E-state index contributed by atoms with van der Waals surface area (Å²) in [6.07, 6.45) is -1.25. The zero-order chi connectivity index (χ0) is 43.6. The van der Waals surface area contributed by atoms with Crippen molar-refractivity contribution in [2.24, 2.45) is 22.9 Å². The normalized spacial score (nSPS) is 16.0. The summed E-state index contributed by atoms with van der Waals surface area (Å²) in [6, 6.07) is 0. The minimum atomic E-state index is -0.725. The summed E-state index contributed by atoms with van der Waals surface area (Å²) in [4.78, 5) is 20.0. The number of halogens is 1. The number of aliphatic hydroxyl groups excluding tert-OH is 4. The van der Waals surface area contributed by atoms with E-state index in [0.717, 1.165) is 39.4 Å². The number of hydrogen-bond acceptors (Lipinski definition) is 16. The molecule has 55 heavy (non-hydrogen) atoms. The van der Waals surface area contributed by atoms with Crippen LogP contribution in [0.3, 0.4) is 0 Å². The van der Waals surface area contributed by atoms with E-state index in [9.17, 15) is 9.59 Å². The molecule has 0 bridgehead atoms. The minimum absolute atomic E-state index is 0. The van der Waals surface area contributed by atoms with Gasteiger partial charge < -0.3 is 84.4 Å². The third-order valence-electron chi connectivity index (χ3n) is 4.22. The van der Waals surface area contributed by atoms with Crippen LogP contribution in [0.4, 0.5) is 9.59 Å². The molecule has 0 spiro atoms. The summed E-state index contributed by atoms with van der Waals surface area (Å²) < 4.78 is 18.6. The molecule has 19 heteroatoms. The second-order valence-corrected chi connectivity index (χ2v) is 13.8. The van der Waals surface area contributed by atoms with Crippen molar-refractivity contribution in [1.82, 2.24) is 22.1 Å². The second kappa shape index (κ2) is 52.8. The smallest absolute Gasteiger partial charge is 0.444 e. The van der Waals surface area contributed by atoms with E-state index in [2.05, 4.69) is 39.3 Å². The number of carbonyl (C=O) groups is 2. The van der Waals surface area contributed by atoms with Gasteiger partial charge in [-0.3, -0.25) is 0 Å². The Morgan fingerprint density at radius 1 is 0.673 bits per heavy atom. The number of hydrogen-bond donors (Lipinski definition) is 12. The van der Waals surface area contributed by atoms with Gasteiger partial charge in [-0.2, -0.15) is 0 Å². The van der Waals surface area contributed by atoms with Gasteiger partial charge in [0.25, 0.3) is 0 Å². The quantitative estimate of drug-likeness (QED) is 0.111. The summed E-state index contributed by atoms with van der Waals surface area (Å²) in [6.45, 7) is 37.6. The van der Waals surface area contributed by atoms with Crippen molar-refractivity contribution >= 4 is 36.2 Å². The fraction of sp³-hybridized carbons (Fsp3) is 0.944. The molecule has 348 valence electrons. The van der Waals surface area contributed by atoms with Crippen LogP contribution in [0.15, 0.2) is 0 Å². The first-order valence-corrected chi connectivity index (χ1v) is 18.6. The lowest BCUT2D eigenvalue weighted by Gasteiger charge is -2.16. The van der Waals surface area contributed by atoms with Crippen LogP contribution in [0.2, 0.25) is 0 Å². The molecule has 6 unspecified atom stereocenters. The lowest BCUT2D eigenvalue weighted by atomic mass is 10.2. The fourth-order valence-electron chi connectivity index (χ4n) is 1.86. The number of amides is 2. The molecule has 18 N–H and O–H groups in total. The molecule has 0 aromatic carbocycles. The van der Waals surface area contributed by atoms with E-state index in [-0.39, 0.29) is 58.8 Å². The monoisotopic (exact) mass is 932 g/mol. The first kappa shape index (κ1) is 74.7. The van der Waals surface area contributed by atoms with E-state index in [0.29, 0.717) is 38.4 Å². The maximum atomic E-state index is 10.0.